The van der Waals surface area contributed by atoms with Gasteiger partial charge in [0.1, 0.15) is 17.2 Å². The van der Waals surface area contributed by atoms with Crippen molar-refractivity contribution in [3.05, 3.63) is 52.4 Å². The zero-order chi connectivity index (χ0) is 17.7. The summed E-state index contributed by atoms with van der Waals surface area (Å²) in [6.07, 6.45) is 2.94. The summed E-state index contributed by atoms with van der Waals surface area (Å²) in [5.74, 6) is 0.578. The lowest BCUT2D eigenvalue weighted by Crippen LogP contribution is -2.27. The van der Waals surface area contributed by atoms with E-state index in [0.717, 1.165) is 17.7 Å². The first-order valence-corrected chi connectivity index (χ1v) is 8.69. The van der Waals surface area contributed by atoms with Crippen molar-refractivity contribution < 1.29 is 5.11 Å². The maximum Gasteiger partial charge on any atom is 0.148 e. The van der Waals surface area contributed by atoms with Gasteiger partial charge in [0.05, 0.1) is 18.3 Å². The molecule has 4 nitrogen and oxygen atoms in total. The van der Waals surface area contributed by atoms with Gasteiger partial charge in [0.15, 0.2) is 0 Å². The van der Waals surface area contributed by atoms with Crippen LogP contribution in [0.2, 0.25) is 5.02 Å². The lowest BCUT2D eigenvalue weighted by Gasteiger charge is -2.21. The van der Waals surface area contributed by atoms with Crippen LogP contribution in [0.5, 0.6) is 0 Å². The molecule has 2 rings (SSSR count). The van der Waals surface area contributed by atoms with Gasteiger partial charge in [-0.15, -0.1) is 0 Å². The summed E-state index contributed by atoms with van der Waals surface area (Å²) in [5.41, 5.74) is 3.40. The van der Waals surface area contributed by atoms with Crippen molar-refractivity contribution >= 4 is 17.4 Å². The highest BCUT2D eigenvalue weighted by Crippen LogP contribution is 2.24. The molecule has 0 aliphatic carbocycles. The molecular weight excluding hydrogens is 322 g/mol. The normalized spacial score (nSPS) is 12.9. The number of hydrogen-bond acceptors (Lipinski definition) is 4. The average molecular weight is 348 g/mol. The number of hydrogen-bond donors (Lipinski definition) is 2. The fourth-order valence-corrected chi connectivity index (χ4v) is 2.82. The van der Waals surface area contributed by atoms with Crippen molar-refractivity contribution in [2.45, 2.75) is 52.0 Å². The van der Waals surface area contributed by atoms with Crippen molar-refractivity contribution in [3.63, 3.8) is 0 Å². The SMILES string of the molecule is CCc1ncnc(NC(CO)Cc2ccc(C(C)(C)C)cc2)c1Cl. The highest BCUT2D eigenvalue weighted by molar-refractivity contribution is 6.33. The van der Waals surface area contributed by atoms with Crippen LogP contribution >= 0.6 is 11.6 Å². The number of aromatic nitrogens is 2. The van der Waals surface area contributed by atoms with Gasteiger partial charge in [0.25, 0.3) is 0 Å². The van der Waals surface area contributed by atoms with E-state index in [2.05, 4.69) is 60.3 Å². The van der Waals surface area contributed by atoms with Crippen LogP contribution in [-0.2, 0) is 18.3 Å². The Morgan fingerprint density at radius 1 is 1.17 bits per heavy atom. The number of aliphatic hydroxyl groups is 1. The summed E-state index contributed by atoms with van der Waals surface area (Å²) in [5, 5.41) is 13.5. The van der Waals surface area contributed by atoms with Crippen molar-refractivity contribution in [2.75, 3.05) is 11.9 Å². The molecule has 0 saturated carbocycles. The molecule has 0 bridgehead atoms. The Labute approximate surface area is 149 Å². The first-order chi connectivity index (χ1) is 11.3. The molecule has 1 aromatic heterocycles. The van der Waals surface area contributed by atoms with Crippen LogP contribution in [0, 0.1) is 0 Å². The van der Waals surface area contributed by atoms with Crippen molar-refractivity contribution in [1.82, 2.24) is 9.97 Å². The largest absolute Gasteiger partial charge is 0.394 e. The fourth-order valence-electron chi connectivity index (χ4n) is 2.53. The van der Waals surface area contributed by atoms with Crippen molar-refractivity contribution in [3.8, 4) is 0 Å². The first-order valence-electron chi connectivity index (χ1n) is 8.31. The molecule has 1 unspecified atom stereocenters. The maximum absolute atomic E-state index is 9.70. The number of halogens is 1. The van der Waals surface area contributed by atoms with Crippen LogP contribution in [0.1, 0.15) is 44.5 Å². The van der Waals surface area contributed by atoms with E-state index in [1.807, 2.05) is 6.92 Å². The van der Waals surface area contributed by atoms with Crippen LogP contribution < -0.4 is 5.32 Å². The minimum atomic E-state index is -0.150. The molecule has 24 heavy (non-hydrogen) atoms. The predicted octanol–water partition coefficient (Wildman–Crippen LogP) is 4.01. The lowest BCUT2D eigenvalue weighted by molar-refractivity contribution is 0.273. The highest BCUT2D eigenvalue weighted by Gasteiger charge is 2.16. The van der Waals surface area contributed by atoms with Gasteiger partial charge in [0, 0.05) is 0 Å². The smallest absolute Gasteiger partial charge is 0.148 e. The Bertz CT molecular complexity index is 665. The summed E-state index contributed by atoms with van der Waals surface area (Å²) in [7, 11) is 0. The van der Waals surface area contributed by atoms with Crippen molar-refractivity contribution in [2.24, 2.45) is 0 Å². The number of aliphatic hydroxyl groups excluding tert-OH is 1. The second-order valence-electron chi connectivity index (χ2n) is 7.01. The van der Waals surface area contributed by atoms with Gasteiger partial charge in [-0.2, -0.15) is 0 Å². The molecule has 0 saturated heterocycles. The molecule has 0 aliphatic heterocycles. The Morgan fingerprint density at radius 3 is 2.38 bits per heavy atom. The molecule has 0 amide bonds. The van der Waals surface area contributed by atoms with Gasteiger partial charge >= 0.3 is 0 Å². The summed E-state index contributed by atoms with van der Waals surface area (Å²) in [4.78, 5) is 8.36. The second kappa shape index (κ2) is 7.95. The zero-order valence-corrected chi connectivity index (χ0v) is 15.6. The van der Waals surface area contributed by atoms with E-state index in [0.29, 0.717) is 17.3 Å². The van der Waals surface area contributed by atoms with Crippen LogP contribution in [0.3, 0.4) is 0 Å². The molecule has 5 heteroatoms. The number of benzene rings is 1. The molecule has 2 aromatic rings. The Kier molecular flexibility index (Phi) is 6.19. The van der Waals surface area contributed by atoms with E-state index >= 15 is 0 Å². The van der Waals surface area contributed by atoms with Gasteiger partial charge < -0.3 is 10.4 Å². The molecule has 0 aliphatic rings. The van der Waals surface area contributed by atoms with Gasteiger partial charge in [0.2, 0.25) is 0 Å². The monoisotopic (exact) mass is 347 g/mol. The molecule has 130 valence electrons. The van der Waals surface area contributed by atoms with Gasteiger partial charge in [-0.3, -0.25) is 0 Å². The Morgan fingerprint density at radius 2 is 1.83 bits per heavy atom. The lowest BCUT2D eigenvalue weighted by atomic mass is 9.86. The summed E-state index contributed by atoms with van der Waals surface area (Å²) in [6, 6.07) is 8.38. The second-order valence-corrected chi connectivity index (χ2v) is 7.39. The molecule has 1 atom stereocenters. The molecule has 1 aromatic carbocycles. The van der Waals surface area contributed by atoms with Crippen LogP contribution in [0.15, 0.2) is 30.6 Å². The van der Waals surface area contributed by atoms with Crippen LogP contribution in [-0.4, -0.2) is 27.7 Å². The standard InChI is InChI=1S/C19H26ClN3O/c1-5-16-17(20)18(22-12-21-16)23-15(11-24)10-13-6-8-14(9-7-13)19(2,3)4/h6-9,12,15,24H,5,10-11H2,1-4H3,(H,21,22,23). The van der Waals surface area contributed by atoms with Gasteiger partial charge in [-0.25, -0.2) is 9.97 Å². The maximum atomic E-state index is 9.70. The summed E-state index contributed by atoms with van der Waals surface area (Å²) in [6.45, 7) is 8.59. The summed E-state index contributed by atoms with van der Waals surface area (Å²) < 4.78 is 0. The number of aryl methyl sites for hydroxylation is 1. The van der Waals surface area contributed by atoms with Crippen LogP contribution in [0.4, 0.5) is 5.82 Å². The predicted molar refractivity (Wildman–Crippen MR) is 99.8 cm³/mol. The molecular formula is C19H26ClN3O. The van der Waals surface area contributed by atoms with E-state index < -0.39 is 0 Å². The summed E-state index contributed by atoms with van der Waals surface area (Å²) >= 11 is 6.31. The molecule has 1 heterocycles. The molecule has 0 radical (unpaired) electrons. The number of anilines is 1. The number of nitrogens with zero attached hydrogens (tertiary/aromatic N) is 2. The van der Waals surface area contributed by atoms with Crippen molar-refractivity contribution in [1.29, 1.82) is 0 Å². The topological polar surface area (TPSA) is 58.0 Å². The van der Waals surface area contributed by atoms with E-state index in [1.54, 1.807) is 0 Å². The molecule has 2 N–H and O–H groups in total. The average Bonchev–Trinajstić information content (AvgIpc) is 2.55. The third-order valence-corrected chi connectivity index (χ3v) is 4.46. The zero-order valence-electron chi connectivity index (χ0n) is 14.8. The molecule has 0 spiro atoms. The van der Waals surface area contributed by atoms with Gasteiger partial charge in [-0.05, 0) is 29.4 Å². The first kappa shape index (κ1) is 18.7. The Balaban J connectivity index is 2.10. The molecule has 0 fully saturated rings. The van der Waals surface area contributed by atoms with E-state index in [1.165, 1.54) is 11.9 Å². The van der Waals surface area contributed by atoms with E-state index in [9.17, 15) is 5.11 Å². The Hall–Kier alpha value is -1.65. The number of nitrogens with one attached hydrogen (secondary N) is 1. The highest BCUT2D eigenvalue weighted by atomic mass is 35.5. The minimum absolute atomic E-state index is 0.00279. The van der Waals surface area contributed by atoms with Crippen LogP contribution in [0.25, 0.3) is 0 Å². The van der Waals surface area contributed by atoms with E-state index in [-0.39, 0.29) is 18.1 Å². The quantitative estimate of drug-likeness (QED) is 0.829. The fraction of sp³-hybridized carbons (Fsp3) is 0.474. The van der Waals surface area contributed by atoms with E-state index in [4.69, 9.17) is 11.6 Å². The number of rotatable bonds is 6. The third-order valence-electron chi connectivity index (χ3n) is 4.06. The third kappa shape index (κ3) is 4.68. The minimum Gasteiger partial charge on any atom is -0.394 e. The van der Waals surface area contributed by atoms with Gasteiger partial charge in [-0.1, -0.05) is 63.6 Å².